The number of halogens is 2. The molecule has 102 valence electrons. The van der Waals surface area contributed by atoms with E-state index in [1.807, 2.05) is 12.1 Å². The summed E-state index contributed by atoms with van der Waals surface area (Å²) in [5.41, 5.74) is 2.10. The Labute approximate surface area is 126 Å². The molecule has 1 aromatic carbocycles. The summed E-state index contributed by atoms with van der Waals surface area (Å²) in [4.78, 5) is 4.56. The molecule has 0 spiro atoms. The second kappa shape index (κ2) is 5.81. The molecule has 1 heterocycles. The molecule has 3 rings (SSSR count). The smallest absolute Gasteiger partial charge is 0.124 e. The zero-order chi connectivity index (χ0) is 13.2. The Morgan fingerprint density at radius 2 is 2.26 bits per heavy atom. The first-order chi connectivity index (χ1) is 9.28. The van der Waals surface area contributed by atoms with Crippen molar-refractivity contribution >= 4 is 38.6 Å². The van der Waals surface area contributed by atoms with Crippen LogP contribution in [0.4, 0.5) is 0 Å². The monoisotopic (exact) mass is 342 g/mol. The Morgan fingerprint density at radius 1 is 1.42 bits per heavy atom. The number of hydrogen-bond acceptors (Lipinski definition) is 2. The number of aromatic nitrogens is 2. The van der Waals surface area contributed by atoms with Gasteiger partial charge in [-0.1, -0.05) is 15.9 Å². The van der Waals surface area contributed by atoms with Crippen molar-refractivity contribution < 1.29 is 4.74 Å². The zero-order valence-corrected chi connectivity index (χ0v) is 13.0. The van der Waals surface area contributed by atoms with Gasteiger partial charge in [0.05, 0.1) is 23.5 Å². The van der Waals surface area contributed by atoms with Gasteiger partial charge in [-0.3, -0.25) is 0 Å². The van der Waals surface area contributed by atoms with Gasteiger partial charge >= 0.3 is 0 Å². The minimum atomic E-state index is 0.426. The molecule has 0 saturated heterocycles. The molecule has 2 aromatic rings. The average molecular weight is 344 g/mol. The molecule has 0 radical (unpaired) electrons. The Hall–Kier alpha value is -0.580. The van der Waals surface area contributed by atoms with Gasteiger partial charge in [-0.15, -0.1) is 11.6 Å². The van der Waals surface area contributed by atoms with Gasteiger partial charge in [0.15, 0.2) is 0 Å². The van der Waals surface area contributed by atoms with Crippen LogP contribution in [0.1, 0.15) is 18.7 Å². The number of imidazole rings is 1. The molecule has 0 amide bonds. The minimum Gasteiger partial charge on any atom is -0.379 e. The van der Waals surface area contributed by atoms with Crippen molar-refractivity contribution in [2.75, 3.05) is 13.2 Å². The normalized spacial score (nSPS) is 15.3. The lowest BCUT2D eigenvalue weighted by Crippen LogP contribution is -2.09. The fourth-order valence-corrected chi connectivity index (χ4v) is 2.75. The van der Waals surface area contributed by atoms with E-state index >= 15 is 0 Å². The molecule has 0 atom stereocenters. The van der Waals surface area contributed by atoms with Crippen LogP contribution in [-0.4, -0.2) is 22.8 Å². The second-order valence-corrected chi connectivity index (χ2v) is 6.15. The number of hydrogen-bond donors (Lipinski definition) is 0. The van der Waals surface area contributed by atoms with Crippen LogP contribution < -0.4 is 0 Å². The van der Waals surface area contributed by atoms with E-state index in [0.717, 1.165) is 47.0 Å². The van der Waals surface area contributed by atoms with Crippen molar-refractivity contribution in [2.24, 2.45) is 5.92 Å². The number of fused-ring (bicyclic) bond motifs is 1. The van der Waals surface area contributed by atoms with Gasteiger partial charge < -0.3 is 9.30 Å². The van der Waals surface area contributed by atoms with Gasteiger partial charge in [-0.05, 0) is 37.0 Å². The zero-order valence-electron chi connectivity index (χ0n) is 10.6. The van der Waals surface area contributed by atoms with Crippen LogP contribution in [0.25, 0.3) is 11.0 Å². The van der Waals surface area contributed by atoms with Gasteiger partial charge in [0.2, 0.25) is 0 Å². The standard InChI is InChI=1S/C14H16BrClN2O/c15-11-3-4-13-12(7-11)17-14(8-16)18(13)5-6-19-9-10-1-2-10/h3-4,7,10H,1-2,5-6,8-9H2. The Balaban J connectivity index is 1.75. The first-order valence-electron chi connectivity index (χ1n) is 6.56. The molecule has 1 aliphatic rings. The van der Waals surface area contributed by atoms with E-state index < -0.39 is 0 Å². The van der Waals surface area contributed by atoms with Crippen LogP contribution in [0.5, 0.6) is 0 Å². The minimum absolute atomic E-state index is 0.426. The quantitative estimate of drug-likeness (QED) is 0.586. The summed E-state index contributed by atoms with van der Waals surface area (Å²) in [7, 11) is 0. The predicted octanol–water partition coefficient (Wildman–Crippen LogP) is 3.96. The molecule has 5 heteroatoms. The Morgan fingerprint density at radius 3 is 3.00 bits per heavy atom. The predicted molar refractivity (Wildman–Crippen MR) is 80.5 cm³/mol. The van der Waals surface area contributed by atoms with Gasteiger partial charge in [0.25, 0.3) is 0 Å². The van der Waals surface area contributed by atoms with E-state index in [9.17, 15) is 0 Å². The summed E-state index contributed by atoms with van der Waals surface area (Å²) in [5.74, 6) is 2.14. The van der Waals surface area contributed by atoms with E-state index in [0.29, 0.717) is 5.88 Å². The topological polar surface area (TPSA) is 27.1 Å². The molecule has 0 unspecified atom stereocenters. The molecule has 19 heavy (non-hydrogen) atoms. The fourth-order valence-electron chi connectivity index (χ4n) is 2.19. The van der Waals surface area contributed by atoms with Crippen molar-refractivity contribution in [3.63, 3.8) is 0 Å². The van der Waals surface area contributed by atoms with E-state index in [2.05, 4.69) is 31.5 Å². The van der Waals surface area contributed by atoms with Crippen LogP contribution in [-0.2, 0) is 17.2 Å². The second-order valence-electron chi connectivity index (χ2n) is 4.96. The molecular weight excluding hydrogens is 328 g/mol. The third kappa shape index (κ3) is 3.12. The molecule has 1 aliphatic carbocycles. The molecule has 1 aromatic heterocycles. The molecule has 0 aliphatic heterocycles. The largest absolute Gasteiger partial charge is 0.379 e. The summed E-state index contributed by atoms with van der Waals surface area (Å²) in [6, 6.07) is 6.12. The van der Waals surface area contributed by atoms with Crippen LogP contribution in [0.3, 0.4) is 0 Å². The Kier molecular flexibility index (Phi) is 4.10. The highest BCUT2D eigenvalue weighted by molar-refractivity contribution is 9.10. The van der Waals surface area contributed by atoms with Crippen molar-refractivity contribution in [3.05, 3.63) is 28.5 Å². The third-order valence-electron chi connectivity index (χ3n) is 3.42. The summed E-state index contributed by atoms with van der Waals surface area (Å²) < 4.78 is 8.89. The lowest BCUT2D eigenvalue weighted by Gasteiger charge is -2.08. The SMILES string of the molecule is ClCc1nc2cc(Br)ccc2n1CCOCC1CC1. The highest BCUT2D eigenvalue weighted by atomic mass is 79.9. The van der Waals surface area contributed by atoms with Crippen LogP contribution in [0, 0.1) is 5.92 Å². The van der Waals surface area contributed by atoms with Gasteiger partial charge in [-0.2, -0.15) is 0 Å². The number of benzene rings is 1. The maximum atomic E-state index is 5.98. The van der Waals surface area contributed by atoms with Crippen LogP contribution >= 0.6 is 27.5 Å². The molecule has 1 saturated carbocycles. The molecule has 1 fully saturated rings. The van der Waals surface area contributed by atoms with Gasteiger partial charge in [0.1, 0.15) is 5.82 Å². The average Bonchev–Trinajstić information content (AvgIpc) is 3.16. The van der Waals surface area contributed by atoms with E-state index in [-0.39, 0.29) is 0 Å². The van der Waals surface area contributed by atoms with Gasteiger partial charge in [-0.25, -0.2) is 4.98 Å². The lowest BCUT2D eigenvalue weighted by atomic mass is 10.3. The highest BCUT2D eigenvalue weighted by Gasteiger charge is 2.21. The number of nitrogens with zero attached hydrogens (tertiary/aromatic N) is 2. The Bertz CT molecular complexity index is 580. The number of alkyl halides is 1. The van der Waals surface area contributed by atoms with E-state index in [1.165, 1.54) is 12.8 Å². The van der Waals surface area contributed by atoms with Crippen LogP contribution in [0.2, 0.25) is 0 Å². The van der Waals surface area contributed by atoms with Crippen LogP contribution in [0.15, 0.2) is 22.7 Å². The summed E-state index contributed by atoms with van der Waals surface area (Å²) in [6.45, 7) is 2.43. The first-order valence-corrected chi connectivity index (χ1v) is 7.89. The number of rotatable bonds is 6. The van der Waals surface area contributed by atoms with Crippen molar-refractivity contribution in [1.29, 1.82) is 0 Å². The summed E-state index contributed by atoms with van der Waals surface area (Å²) in [6.07, 6.45) is 2.66. The fraction of sp³-hybridized carbons (Fsp3) is 0.500. The van der Waals surface area contributed by atoms with Gasteiger partial charge in [0, 0.05) is 17.6 Å². The van der Waals surface area contributed by atoms with Crippen molar-refractivity contribution in [3.8, 4) is 0 Å². The lowest BCUT2D eigenvalue weighted by molar-refractivity contribution is 0.117. The maximum absolute atomic E-state index is 5.98. The van der Waals surface area contributed by atoms with Crippen molar-refractivity contribution in [1.82, 2.24) is 9.55 Å². The third-order valence-corrected chi connectivity index (χ3v) is 4.15. The summed E-state index contributed by atoms with van der Waals surface area (Å²) in [5, 5.41) is 0. The van der Waals surface area contributed by atoms with E-state index in [1.54, 1.807) is 0 Å². The highest BCUT2D eigenvalue weighted by Crippen LogP contribution is 2.28. The maximum Gasteiger partial charge on any atom is 0.124 e. The molecule has 0 bridgehead atoms. The molecule has 0 N–H and O–H groups in total. The summed E-state index contributed by atoms with van der Waals surface area (Å²) >= 11 is 9.45. The first kappa shape index (κ1) is 13.4. The van der Waals surface area contributed by atoms with E-state index in [4.69, 9.17) is 16.3 Å². The molecule has 3 nitrogen and oxygen atoms in total. The molecular formula is C14H16BrClN2O. The van der Waals surface area contributed by atoms with Crippen molar-refractivity contribution in [2.45, 2.75) is 25.3 Å². The number of ether oxygens (including phenoxy) is 1.